The van der Waals surface area contributed by atoms with Crippen LogP contribution in [0.3, 0.4) is 0 Å². The van der Waals surface area contributed by atoms with Gasteiger partial charge in [-0.05, 0) is 49.1 Å². The maximum atomic E-state index is 13.1. The van der Waals surface area contributed by atoms with E-state index < -0.39 is 17.6 Å². The zero-order valence-electron chi connectivity index (χ0n) is 12.7. The number of hydrogen-bond donors (Lipinski definition) is 1. The van der Waals surface area contributed by atoms with Crippen molar-refractivity contribution in [1.29, 1.82) is 0 Å². The van der Waals surface area contributed by atoms with E-state index in [1.54, 1.807) is 12.1 Å². The van der Waals surface area contributed by atoms with Crippen LogP contribution in [0.15, 0.2) is 30.3 Å². The van der Waals surface area contributed by atoms with Crippen LogP contribution in [0.5, 0.6) is 0 Å². The lowest BCUT2D eigenvalue weighted by Crippen LogP contribution is -2.11. The second-order valence-corrected chi connectivity index (χ2v) is 6.26. The molecule has 24 heavy (non-hydrogen) atoms. The smallest absolute Gasteiger partial charge is 0.366 e. The average molecular weight is 331 g/mol. The fourth-order valence-electron chi connectivity index (χ4n) is 3.18. The molecule has 123 valence electrons. The van der Waals surface area contributed by atoms with Gasteiger partial charge in [-0.25, -0.2) is 0 Å². The number of amides is 1. The number of carbonyl (C=O) groups excluding carboxylic acids is 1. The Morgan fingerprint density at radius 1 is 1.29 bits per heavy atom. The van der Waals surface area contributed by atoms with E-state index in [1.165, 1.54) is 0 Å². The standard InChI is InChI=1S/C18H14F3N2O/c19-18(20,21)11-6-7-12-15(8-11)23(9-10-4-5-10)14-3-1-2-13(16(12)14)17(22)24/h1-3,6,8,10H,4-5,9H2,(H2,22,24). The molecule has 0 aliphatic heterocycles. The van der Waals surface area contributed by atoms with Crippen molar-refractivity contribution in [2.75, 3.05) is 0 Å². The highest BCUT2D eigenvalue weighted by atomic mass is 19.4. The molecule has 0 unspecified atom stereocenters. The summed E-state index contributed by atoms with van der Waals surface area (Å²) in [5.41, 5.74) is 6.19. The fraction of sp³-hybridized carbons (Fsp3) is 0.278. The van der Waals surface area contributed by atoms with E-state index in [0.29, 0.717) is 34.3 Å². The van der Waals surface area contributed by atoms with Gasteiger partial charge in [-0.3, -0.25) is 4.79 Å². The van der Waals surface area contributed by atoms with Crippen molar-refractivity contribution in [2.45, 2.75) is 25.6 Å². The number of hydrogen-bond acceptors (Lipinski definition) is 1. The van der Waals surface area contributed by atoms with Gasteiger partial charge in [0.25, 0.3) is 0 Å². The molecule has 6 heteroatoms. The fourth-order valence-corrected chi connectivity index (χ4v) is 3.18. The lowest BCUT2D eigenvalue weighted by molar-refractivity contribution is -0.137. The summed E-state index contributed by atoms with van der Waals surface area (Å²) in [5.74, 6) is -0.130. The Hall–Kier alpha value is -2.50. The molecule has 3 aromatic rings. The summed E-state index contributed by atoms with van der Waals surface area (Å²) >= 11 is 0. The first kappa shape index (κ1) is 15.1. The van der Waals surface area contributed by atoms with Crippen LogP contribution in [0.1, 0.15) is 28.8 Å². The van der Waals surface area contributed by atoms with Gasteiger partial charge in [0.05, 0.1) is 11.1 Å². The van der Waals surface area contributed by atoms with Crippen LogP contribution in [0.2, 0.25) is 0 Å². The van der Waals surface area contributed by atoms with Crippen LogP contribution in [-0.4, -0.2) is 10.5 Å². The minimum absolute atomic E-state index is 0.308. The number of rotatable bonds is 3. The van der Waals surface area contributed by atoms with Gasteiger partial charge in [0, 0.05) is 28.4 Å². The number of nitrogens with two attached hydrogens (primary N) is 1. The second-order valence-electron chi connectivity index (χ2n) is 6.26. The van der Waals surface area contributed by atoms with Crippen LogP contribution >= 0.6 is 0 Å². The zero-order valence-corrected chi connectivity index (χ0v) is 12.7. The minimum Gasteiger partial charge on any atom is -0.366 e. The molecule has 2 N–H and O–H groups in total. The molecule has 3 nitrogen and oxygen atoms in total. The van der Waals surface area contributed by atoms with Crippen molar-refractivity contribution < 1.29 is 18.0 Å². The monoisotopic (exact) mass is 331 g/mol. The molecule has 0 bridgehead atoms. The van der Waals surface area contributed by atoms with Crippen LogP contribution in [0.4, 0.5) is 13.2 Å². The molecule has 2 aromatic carbocycles. The summed E-state index contributed by atoms with van der Waals surface area (Å²) < 4.78 is 41.1. The van der Waals surface area contributed by atoms with E-state index in [0.717, 1.165) is 30.5 Å². The molecular weight excluding hydrogens is 317 g/mol. The van der Waals surface area contributed by atoms with E-state index in [9.17, 15) is 18.0 Å². The average Bonchev–Trinajstić information content (AvgIpc) is 3.29. The first-order chi connectivity index (χ1) is 11.4. The Balaban J connectivity index is 2.09. The van der Waals surface area contributed by atoms with E-state index >= 15 is 0 Å². The van der Waals surface area contributed by atoms with Gasteiger partial charge in [0.1, 0.15) is 0 Å². The minimum atomic E-state index is -4.43. The van der Waals surface area contributed by atoms with Crippen molar-refractivity contribution in [3.05, 3.63) is 47.5 Å². The summed E-state index contributed by atoms with van der Waals surface area (Å²) in [6.07, 6.45) is -2.29. The maximum absolute atomic E-state index is 13.1. The Morgan fingerprint density at radius 3 is 2.67 bits per heavy atom. The number of nitrogens with zero attached hydrogens (tertiary/aromatic N) is 1. The Kier molecular flexibility index (Phi) is 3.13. The Labute approximate surface area is 135 Å². The second kappa shape index (κ2) is 5.00. The van der Waals surface area contributed by atoms with E-state index in [4.69, 9.17) is 5.73 Å². The highest BCUT2D eigenvalue weighted by Crippen LogP contribution is 2.39. The number of carbonyl (C=O) groups is 1. The molecule has 0 atom stereocenters. The first-order valence-corrected chi connectivity index (χ1v) is 7.70. The number of fused-ring (bicyclic) bond motifs is 3. The van der Waals surface area contributed by atoms with Gasteiger partial charge in [-0.15, -0.1) is 0 Å². The predicted molar refractivity (Wildman–Crippen MR) is 84.5 cm³/mol. The molecule has 1 aliphatic rings. The summed E-state index contributed by atoms with van der Waals surface area (Å²) in [7, 11) is 0. The highest BCUT2D eigenvalue weighted by molar-refractivity contribution is 6.17. The SMILES string of the molecule is NC(=O)c1cccc2c1c1[c]cc(C(F)(F)F)cc1n2CC1CC1. The van der Waals surface area contributed by atoms with Gasteiger partial charge in [0.2, 0.25) is 5.91 Å². The normalized spacial score (nSPS) is 15.3. The molecule has 1 radical (unpaired) electrons. The van der Waals surface area contributed by atoms with E-state index in [-0.39, 0.29) is 0 Å². The largest absolute Gasteiger partial charge is 0.416 e. The first-order valence-electron chi connectivity index (χ1n) is 7.70. The van der Waals surface area contributed by atoms with Crippen LogP contribution in [-0.2, 0) is 12.7 Å². The highest BCUT2D eigenvalue weighted by Gasteiger charge is 2.32. The number of alkyl halides is 3. The van der Waals surface area contributed by atoms with Crippen LogP contribution in [0, 0.1) is 12.0 Å². The van der Waals surface area contributed by atoms with Gasteiger partial charge < -0.3 is 10.3 Å². The molecular formula is C18H14F3N2O. The number of halogens is 3. The van der Waals surface area contributed by atoms with E-state index in [2.05, 4.69) is 6.07 Å². The molecule has 4 rings (SSSR count). The Morgan fingerprint density at radius 2 is 2.04 bits per heavy atom. The van der Waals surface area contributed by atoms with E-state index in [1.807, 2.05) is 10.6 Å². The number of benzene rings is 2. The summed E-state index contributed by atoms with van der Waals surface area (Å²) in [6.45, 7) is 0.636. The molecule has 1 heterocycles. The molecule has 0 spiro atoms. The Bertz CT molecular complexity index is 968. The molecule has 1 fully saturated rings. The molecule has 1 aliphatic carbocycles. The molecule has 0 saturated heterocycles. The van der Waals surface area contributed by atoms with Gasteiger partial charge in [0.15, 0.2) is 0 Å². The number of aromatic nitrogens is 1. The van der Waals surface area contributed by atoms with Gasteiger partial charge >= 0.3 is 6.18 Å². The van der Waals surface area contributed by atoms with Crippen molar-refractivity contribution in [1.82, 2.24) is 4.57 Å². The van der Waals surface area contributed by atoms with Crippen molar-refractivity contribution in [3.63, 3.8) is 0 Å². The molecule has 1 aromatic heterocycles. The summed E-state index contributed by atoms with van der Waals surface area (Å²) in [5, 5.41) is 1.09. The lowest BCUT2D eigenvalue weighted by atomic mass is 10.0. The maximum Gasteiger partial charge on any atom is 0.416 e. The third kappa shape index (κ3) is 2.33. The van der Waals surface area contributed by atoms with Crippen molar-refractivity contribution >= 4 is 27.7 Å². The van der Waals surface area contributed by atoms with Gasteiger partial charge in [-0.1, -0.05) is 6.07 Å². The molecule has 1 saturated carbocycles. The summed E-state index contributed by atoms with van der Waals surface area (Å²) in [6, 6.07) is 9.91. The summed E-state index contributed by atoms with van der Waals surface area (Å²) in [4.78, 5) is 11.7. The lowest BCUT2D eigenvalue weighted by Gasteiger charge is -2.09. The quantitative estimate of drug-likeness (QED) is 0.771. The predicted octanol–water partition coefficient (Wildman–Crippen LogP) is 4.12. The van der Waals surface area contributed by atoms with Crippen LogP contribution in [0.25, 0.3) is 21.8 Å². The van der Waals surface area contributed by atoms with Crippen LogP contribution < -0.4 is 5.73 Å². The third-order valence-electron chi connectivity index (χ3n) is 4.52. The number of primary amides is 1. The van der Waals surface area contributed by atoms with Gasteiger partial charge in [-0.2, -0.15) is 13.2 Å². The molecule has 1 amide bonds. The zero-order chi connectivity index (χ0) is 17.1. The topological polar surface area (TPSA) is 48.0 Å². The van der Waals surface area contributed by atoms with Crippen molar-refractivity contribution in [2.24, 2.45) is 11.7 Å². The van der Waals surface area contributed by atoms with Crippen molar-refractivity contribution in [3.8, 4) is 0 Å². The third-order valence-corrected chi connectivity index (χ3v) is 4.52.